The molecule has 0 bridgehead atoms. The normalized spacial score (nSPS) is 9.41. The van der Waals surface area contributed by atoms with Crippen LogP contribution in [0.4, 0.5) is 5.82 Å². The Hall–Kier alpha value is -1.09. The van der Waals surface area contributed by atoms with Crippen LogP contribution in [-0.4, -0.2) is 23.7 Å². The van der Waals surface area contributed by atoms with Crippen LogP contribution < -0.4 is 5.32 Å². The molecule has 2 N–H and O–H groups in total. The zero-order valence-corrected chi connectivity index (χ0v) is 11.4. The van der Waals surface area contributed by atoms with Gasteiger partial charge in [-0.25, -0.2) is 4.98 Å². The molecule has 0 aliphatic heterocycles. The Kier molecular flexibility index (Phi) is 10.7. The van der Waals surface area contributed by atoms with Crippen LogP contribution in [0.1, 0.15) is 45.1 Å². The van der Waals surface area contributed by atoms with Gasteiger partial charge in [0.05, 0.1) is 0 Å². The van der Waals surface area contributed by atoms with Crippen LogP contribution in [0.5, 0.6) is 0 Å². The van der Waals surface area contributed by atoms with Crippen LogP contribution in [0.15, 0.2) is 18.3 Å². The molecule has 0 unspecified atom stereocenters. The molecule has 98 valence electrons. The molecule has 0 saturated heterocycles. The van der Waals surface area contributed by atoms with E-state index in [2.05, 4.69) is 30.2 Å². The van der Waals surface area contributed by atoms with Crippen molar-refractivity contribution in [3.63, 3.8) is 0 Å². The second-order valence-electron chi connectivity index (χ2n) is 4.04. The van der Waals surface area contributed by atoms with Gasteiger partial charge in [0.15, 0.2) is 0 Å². The average molecular weight is 238 g/mol. The minimum Gasteiger partial charge on any atom is -0.396 e. The lowest BCUT2D eigenvalue weighted by Crippen LogP contribution is -1.94. The molecule has 17 heavy (non-hydrogen) atoms. The second kappa shape index (κ2) is 11.4. The van der Waals surface area contributed by atoms with E-state index < -0.39 is 0 Å². The molecule has 3 nitrogen and oxygen atoms in total. The Morgan fingerprint density at radius 3 is 2.53 bits per heavy atom. The van der Waals surface area contributed by atoms with E-state index >= 15 is 0 Å². The third-order valence-electron chi connectivity index (χ3n) is 2.20. The molecule has 0 fully saturated rings. The number of aliphatic hydroxyl groups is 1. The Morgan fingerprint density at radius 2 is 1.94 bits per heavy atom. The number of rotatable bonds is 6. The van der Waals surface area contributed by atoms with Crippen LogP contribution in [0.2, 0.25) is 0 Å². The van der Waals surface area contributed by atoms with Gasteiger partial charge in [-0.1, -0.05) is 26.7 Å². The minimum atomic E-state index is 0.304. The van der Waals surface area contributed by atoms with Crippen LogP contribution >= 0.6 is 0 Å². The molecule has 0 spiro atoms. The van der Waals surface area contributed by atoms with Crippen molar-refractivity contribution in [2.24, 2.45) is 0 Å². The van der Waals surface area contributed by atoms with Crippen LogP contribution in [0.25, 0.3) is 0 Å². The molecule has 0 aliphatic rings. The molecule has 1 aromatic rings. The number of hydrogen-bond acceptors (Lipinski definition) is 3. The van der Waals surface area contributed by atoms with Gasteiger partial charge in [-0.3, -0.25) is 0 Å². The summed E-state index contributed by atoms with van der Waals surface area (Å²) in [4.78, 5) is 4.15. The van der Waals surface area contributed by atoms with Crippen molar-refractivity contribution in [1.29, 1.82) is 0 Å². The highest BCUT2D eigenvalue weighted by Gasteiger charge is 1.95. The number of unbranched alkanes of at least 4 members (excludes halogenated alkanes) is 2. The van der Waals surface area contributed by atoms with Crippen molar-refractivity contribution < 1.29 is 5.11 Å². The van der Waals surface area contributed by atoms with Crippen molar-refractivity contribution in [2.75, 3.05) is 19.0 Å². The van der Waals surface area contributed by atoms with Gasteiger partial charge in [0.1, 0.15) is 5.82 Å². The number of hydrogen-bond donors (Lipinski definition) is 2. The molecule has 0 amide bonds. The fraction of sp³-hybridized carbons (Fsp3) is 0.643. The third kappa shape index (κ3) is 8.69. The average Bonchev–Trinajstić information content (AvgIpc) is 2.36. The summed E-state index contributed by atoms with van der Waals surface area (Å²) in [6, 6.07) is 4.11. The fourth-order valence-corrected chi connectivity index (χ4v) is 1.38. The first-order valence-electron chi connectivity index (χ1n) is 6.52. The molecule has 0 radical (unpaired) electrons. The zero-order valence-electron chi connectivity index (χ0n) is 11.4. The van der Waals surface area contributed by atoms with E-state index in [1.807, 2.05) is 19.3 Å². The maximum Gasteiger partial charge on any atom is 0.125 e. The summed E-state index contributed by atoms with van der Waals surface area (Å²) < 4.78 is 0. The quantitative estimate of drug-likeness (QED) is 0.748. The summed E-state index contributed by atoms with van der Waals surface area (Å²) in [5, 5.41) is 11.6. The highest BCUT2D eigenvalue weighted by molar-refractivity contribution is 5.36. The molecule has 3 heteroatoms. The maximum absolute atomic E-state index is 8.63. The topological polar surface area (TPSA) is 45.1 Å². The number of anilines is 1. The summed E-state index contributed by atoms with van der Waals surface area (Å²) in [5.74, 6) is 0.921. The number of pyridine rings is 1. The Labute approximate surface area is 105 Å². The smallest absolute Gasteiger partial charge is 0.125 e. The maximum atomic E-state index is 8.63. The summed E-state index contributed by atoms with van der Waals surface area (Å²) >= 11 is 0. The number of aliphatic hydroxyl groups excluding tert-OH is 1. The van der Waals surface area contributed by atoms with E-state index in [4.69, 9.17) is 5.11 Å². The zero-order chi connectivity index (χ0) is 12.9. The van der Waals surface area contributed by atoms with E-state index in [0.29, 0.717) is 6.61 Å². The van der Waals surface area contributed by atoms with E-state index in [1.165, 1.54) is 12.0 Å². The molecule has 0 saturated carbocycles. The predicted octanol–water partition coefficient (Wildman–Crippen LogP) is 3.24. The van der Waals surface area contributed by atoms with Gasteiger partial charge >= 0.3 is 0 Å². The third-order valence-corrected chi connectivity index (χ3v) is 2.20. The summed E-state index contributed by atoms with van der Waals surface area (Å²) in [5.41, 5.74) is 1.31. The molecular weight excluding hydrogens is 212 g/mol. The molecule has 0 atom stereocenters. The van der Waals surface area contributed by atoms with E-state index in [1.54, 1.807) is 0 Å². The van der Waals surface area contributed by atoms with E-state index in [-0.39, 0.29) is 0 Å². The molecule has 1 aromatic heterocycles. The van der Waals surface area contributed by atoms with Gasteiger partial charge in [-0.2, -0.15) is 0 Å². The Balaban J connectivity index is 0.000000770. The monoisotopic (exact) mass is 238 g/mol. The van der Waals surface area contributed by atoms with Crippen molar-refractivity contribution in [1.82, 2.24) is 4.98 Å². The molecule has 1 rings (SSSR count). The standard InChI is InChI=1S/C11H18N2O.C3H8/c1-12-11-9-10(6-7-13-11)5-3-2-4-8-14;1-3-2/h6-7,9,14H,2-5,8H2,1H3,(H,12,13);3H2,1-2H3. The molecule has 1 heterocycles. The minimum absolute atomic E-state index is 0.304. The van der Waals surface area contributed by atoms with Crippen LogP contribution in [0.3, 0.4) is 0 Å². The number of nitrogens with one attached hydrogen (secondary N) is 1. The lowest BCUT2D eigenvalue weighted by Gasteiger charge is -2.03. The molecule has 0 aromatic carbocycles. The van der Waals surface area contributed by atoms with E-state index in [0.717, 1.165) is 31.5 Å². The molecular formula is C14H26N2O. The Morgan fingerprint density at radius 1 is 1.24 bits per heavy atom. The van der Waals surface area contributed by atoms with Crippen molar-refractivity contribution in [3.8, 4) is 0 Å². The van der Waals surface area contributed by atoms with Gasteiger partial charge in [0.2, 0.25) is 0 Å². The van der Waals surface area contributed by atoms with Crippen LogP contribution in [-0.2, 0) is 6.42 Å². The van der Waals surface area contributed by atoms with Crippen molar-refractivity contribution in [2.45, 2.75) is 46.0 Å². The fourth-order valence-electron chi connectivity index (χ4n) is 1.38. The lowest BCUT2D eigenvalue weighted by molar-refractivity contribution is 0.283. The predicted molar refractivity (Wildman–Crippen MR) is 74.4 cm³/mol. The number of nitrogens with zero attached hydrogens (tertiary/aromatic N) is 1. The lowest BCUT2D eigenvalue weighted by atomic mass is 10.1. The summed E-state index contributed by atoms with van der Waals surface area (Å²) in [7, 11) is 1.87. The van der Waals surface area contributed by atoms with Gasteiger partial charge in [0.25, 0.3) is 0 Å². The first kappa shape index (κ1) is 15.9. The second-order valence-corrected chi connectivity index (χ2v) is 4.04. The van der Waals surface area contributed by atoms with Crippen LogP contribution in [0, 0.1) is 0 Å². The number of aryl methyl sites for hydroxylation is 1. The highest BCUT2D eigenvalue weighted by Crippen LogP contribution is 2.09. The van der Waals surface area contributed by atoms with Crippen molar-refractivity contribution in [3.05, 3.63) is 23.9 Å². The van der Waals surface area contributed by atoms with Gasteiger partial charge in [0, 0.05) is 19.9 Å². The summed E-state index contributed by atoms with van der Waals surface area (Å²) in [6.45, 7) is 4.55. The Bertz CT molecular complexity index is 277. The first-order chi connectivity index (χ1) is 8.28. The highest BCUT2D eigenvalue weighted by atomic mass is 16.2. The SMILES string of the molecule is CCC.CNc1cc(CCCCCO)ccn1. The van der Waals surface area contributed by atoms with Crippen molar-refractivity contribution >= 4 is 5.82 Å². The van der Waals surface area contributed by atoms with E-state index in [9.17, 15) is 0 Å². The van der Waals surface area contributed by atoms with Gasteiger partial charge < -0.3 is 10.4 Å². The largest absolute Gasteiger partial charge is 0.396 e. The molecule has 0 aliphatic carbocycles. The van der Waals surface area contributed by atoms with Gasteiger partial charge in [-0.15, -0.1) is 0 Å². The number of aromatic nitrogens is 1. The summed E-state index contributed by atoms with van der Waals surface area (Å²) in [6.07, 6.45) is 7.27. The van der Waals surface area contributed by atoms with Gasteiger partial charge in [-0.05, 0) is 37.0 Å². The first-order valence-corrected chi connectivity index (χ1v) is 6.52.